The van der Waals surface area contributed by atoms with Crippen LogP contribution in [0.1, 0.15) is 11.0 Å². The van der Waals surface area contributed by atoms with E-state index >= 15 is 0 Å². The van der Waals surface area contributed by atoms with E-state index < -0.39 is 22.4 Å². The normalized spacial score (nSPS) is 14.4. The molecule has 0 bridgehead atoms. The summed E-state index contributed by atoms with van der Waals surface area (Å²) in [6, 6.07) is 8.62. The molecular weight excluding hydrogens is 204 g/mol. The van der Waals surface area contributed by atoms with Crippen LogP contribution in [0, 0.1) is 0 Å². The van der Waals surface area contributed by atoms with Crippen LogP contribution in [-0.4, -0.2) is 21.7 Å². The Morgan fingerprint density at radius 2 is 2.00 bits per heavy atom. The van der Waals surface area contributed by atoms with Crippen molar-refractivity contribution in [3.63, 3.8) is 0 Å². The fourth-order valence-electron chi connectivity index (χ4n) is 1.03. The van der Waals surface area contributed by atoms with E-state index in [2.05, 4.69) is 4.74 Å². The van der Waals surface area contributed by atoms with Crippen LogP contribution in [0.4, 0.5) is 4.79 Å². The zero-order valence-corrected chi connectivity index (χ0v) is 8.36. The van der Waals surface area contributed by atoms with Crippen LogP contribution in [0.5, 0.6) is 0 Å². The monoisotopic (exact) mass is 214 g/mol. The number of carbonyl (C=O) groups is 1. The minimum absolute atomic E-state index is 0.593. The summed E-state index contributed by atoms with van der Waals surface area (Å²) in [7, 11) is -1.38. The molecule has 0 heterocycles. The van der Waals surface area contributed by atoms with Gasteiger partial charge in [-0.3, -0.25) is 4.21 Å². The van der Waals surface area contributed by atoms with Crippen LogP contribution in [0.3, 0.4) is 0 Å². The second-order valence-corrected chi connectivity index (χ2v) is 4.05. The van der Waals surface area contributed by atoms with Gasteiger partial charge in [0, 0.05) is 11.8 Å². The van der Waals surface area contributed by atoms with E-state index in [1.54, 1.807) is 30.3 Å². The second kappa shape index (κ2) is 4.76. The Hall–Kier alpha value is -1.36. The first-order chi connectivity index (χ1) is 6.61. The SMILES string of the molecule is CS(=O)C(OC(=O)O)c1ccccc1. The quantitative estimate of drug-likeness (QED) is 0.779. The molecule has 1 N–H and O–H groups in total. The zero-order chi connectivity index (χ0) is 10.6. The van der Waals surface area contributed by atoms with Gasteiger partial charge in [0.15, 0.2) is 0 Å². The molecule has 0 saturated carbocycles. The smallest absolute Gasteiger partial charge is 0.450 e. The number of hydrogen-bond donors (Lipinski definition) is 1. The van der Waals surface area contributed by atoms with E-state index in [0.717, 1.165) is 0 Å². The average Bonchev–Trinajstić information content (AvgIpc) is 2.15. The first kappa shape index (κ1) is 10.7. The summed E-state index contributed by atoms with van der Waals surface area (Å²) < 4.78 is 15.7. The van der Waals surface area contributed by atoms with Crippen LogP contribution in [0.15, 0.2) is 30.3 Å². The maximum Gasteiger partial charge on any atom is 0.507 e. The van der Waals surface area contributed by atoms with Gasteiger partial charge in [0.1, 0.15) is 0 Å². The highest BCUT2D eigenvalue weighted by molar-refractivity contribution is 7.84. The summed E-state index contributed by atoms with van der Waals surface area (Å²) in [5.74, 6) is 0. The summed E-state index contributed by atoms with van der Waals surface area (Å²) in [6.07, 6.45) is -0.0188. The minimum atomic E-state index is -1.42. The molecule has 0 aliphatic rings. The molecule has 5 heteroatoms. The molecule has 14 heavy (non-hydrogen) atoms. The Balaban J connectivity index is 2.89. The number of benzene rings is 1. The minimum Gasteiger partial charge on any atom is -0.450 e. The standard InChI is InChI=1S/C9H10O4S/c1-14(12)8(13-9(10)11)7-5-3-2-4-6-7/h2-6,8H,1H3,(H,10,11). The van der Waals surface area contributed by atoms with Gasteiger partial charge in [-0.15, -0.1) is 0 Å². The third-order valence-corrected chi connectivity index (χ3v) is 2.55. The molecule has 0 amide bonds. The third kappa shape index (κ3) is 2.85. The molecule has 1 aromatic rings. The zero-order valence-electron chi connectivity index (χ0n) is 7.54. The summed E-state index contributed by atoms with van der Waals surface area (Å²) >= 11 is 0. The van der Waals surface area contributed by atoms with Gasteiger partial charge in [-0.05, 0) is 0 Å². The lowest BCUT2D eigenvalue weighted by Gasteiger charge is -2.12. The van der Waals surface area contributed by atoms with Crippen LogP contribution >= 0.6 is 0 Å². The van der Waals surface area contributed by atoms with Crippen molar-refractivity contribution < 1.29 is 18.8 Å². The highest BCUT2D eigenvalue weighted by Gasteiger charge is 2.19. The van der Waals surface area contributed by atoms with E-state index in [0.29, 0.717) is 5.56 Å². The molecular formula is C9H10O4S. The number of rotatable bonds is 3. The van der Waals surface area contributed by atoms with E-state index in [4.69, 9.17) is 5.11 Å². The van der Waals surface area contributed by atoms with Crippen LogP contribution in [0.2, 0.25) is 0 Å². The van der Waals surface area contributed by atoms with Crippen molar-refractivity contribution in [2.75, 3.05) is 6.26 Å². The Labute approximate surface area is 84.0 Å². The molecule has 0 fully saturated rings. The van der Waals surface area contributed by atoms with Crippen LogP contribution in [0.25, 0.3) is 0 Å². The van der Waals surface area contributed by atoms with Crippen molar-refractivity contribution in [1.82, 2.24) is 0 Å². The van der Waals surface area contributed by atoms with Crippen molar-refractivity contribution in [3.8, 4) is 0 Å². The summed E-state index contributed by atoms with van der Waals surface area (Å²) in [5, 5.41) is 8.44. The van der Waals surface area contributed by atoms with Crippen molar-refractivity contribution in [3.05, 3.63) is 35.9 Å². The summed E-state index contributed by atoms with van der Waals surface area (Å²) in [6.45, 7) is 0. The van der Waals surface area contributed by atoms with Crippen LogP contribution in [-0.2, 0) is 15.5 Å². The van der Waals surface area contributed by atoms with Gasteiger partial charge < -0.3 is 9.84 Å². The highest BCUT2D eigenvalue weighted by atomic mass is 32.2. The van der Waals surface area contributed by atoms with Gasteiger partial charge in [-0.1, -0.05) is 30.3 Å². The summed E-state index contributed by atoms with van der Waals surface area (Å²) in [5.41, 5.74) is -0.315. The molecule has 0 radical (unpaired) electrons. The first-order valence-corrected chi connectivity index (χ1v) is 5.50. The number of hydrogen-bond acceptors (Lipinski definition) is 3. The molecule has 0 spiro atoms. The molecule has 0 saturated heterocycles. The first-order valence-electron chi connectivity index (χ1n) is 3.88. The molecule has 0 aromatic heterocycles. The van der Waals surface area contributed by atoms with Crippen molar-refractivity contribution in [2.45, 2.75) is 5.44 Å². The fraction of sp³-hybridized carbons (Fsp3) is 0.222. The second-order valence-electron chi connectivity index (χ2n) is 2.62. The molecule has 4 nitrogen and oxygen atoms in total. The molecule has 1 aromatic carbocycles. The topological polar surface area (TPSA) is 63.6 Å². The lowest BCUT2D eigenvalue weighted by molar-refractivity contribution is 0.0806. The lowest BCUT2D eigenvalue weighted by atomic mass is 10.2. The Bertz CT molecular complexity index is 336. The number of ether oxygens (including phenoxy) is 1. The van der Waals surface area contributed by atoms with Crippen molar-refractivity contribution in [1.29, 1.82) is 0 Å². The van der Waals surface area contributed by atoms with Gasteiger partial charge >= 0.3 is 6.16 Å². The molecule has 0 aliphatic heterocycles. The van der Waals surface area contributed by atoms with Crippen molar-refractivity contribution in [2.24, 2.45) is 0 Å². The van der Waals surface area contributed by atoms with Gasteiger partial charge in [0.05, 0.1) is 10.8 Å². The van der Waals surface area contributed by atoms with Gasteiger partial charge in [-0.2, -0.15) is 0 Å². The Morgan fingerprint density at radius 3 is 2.43 bits per heavy atom. The van der Waals surface area contributed by atoms with Gasteiger partial charge in [-0.25, -0.2) is 4.79 Å². The van der Waals surface area contributed by atoms with E-state index in [1.165, 1.54) is 6.26 Å². The van der Waals surface area contributed by atoms with E-state index in [9.17, 15) is 9.00 Å². The van der Waals surface area contributed by atoms with E-state index in [1.807, 2.05) is 0 Å². The molecule has 2 unspecified atom stereocenters. The predicted octanol–water partition coefficient (Wildman–Crippen LogP) is 1.76. The predicted molar refractivity (Wildman–Crippen MR) is 52.4 cm³/mol. The van der Waals surface area contributed by atoms with Gasteiger partial charge in [0.2, 0.25) is 5.44 Å². The molecule has 0 aliphatic carbocycles. The molecule has 2 atom stereocenters. The van der Waals surface area contributed by atoms with E-state index in [-0.39, 0.29) is 0 Å². The molecule has 1 rings (SSSR count). The van der Waals surface area contributed by atoms with Crippen LogP contribution < -0.4 is 0 Å². The Morgan fingerprint density at radius 1 is 1.43 bits per heavy atom. The van der Waals surface area contributed by atoms with Crippen molar-refractivity contribution >= 4 is 17.0 Å². The van der Waals surface area contributed by atoms with Gasteiger partial charge in [0.25, 0.3) is 0 Å². The largest absolute Gasteiger partial charge is 0.507 e. The Kier molecular flexibility index (Phi) is 3.64. The maximum absolute atomic E-state index is 11.2. The fourth-order valence-corrected chi connectivity index (χ4v) is 1.79. The lowest BCUT2D eigenvalue weighted by Crippen LogP contribution is -2.13. The average molecular weight is 214 g/mol. The third-order valence-electron chi connectivity index (χ3n) is 1.58. The highest BCUT2D eigenvalue weighted by Crippen LogP contribution is 2.19. The molecule has 76 valence electrons. The summed E-state index contributed by atoms with van der Waals surface area (Å²) in [4.78, 5) is 10.3. The maximum atomic E-state index is 11.2. The number of carboxylic acid groups (broad SMARTS) is 1.